The highest BCUT2D eigenvalue weighted by Crippen LogP contribution is 2.22. The maximum absolute atomic E-state index is 5.92. The van der Waals surface area contributed by atoms with E-state index >= 15 is 0 Å². The van der Waals surface area contributed by atoms with Gasteiger partial charge in [0.25, 0.3) is 0 Å². The van der Waals surface area contributed by atoms with Crippen LogP contribution in [-0.2, 0) is 0 Å². The lowest BCUT2D eigenvalue weighted by Crippen LogP contribution is -2.15. The van der Waals surface area contributed by atoms with Crippen LogP contribution in [0.2, 0.25) is 0 Å². The number of hydrogen-bond donors (Lipinski definition) is 2. The highest BCUT2D eigenvalue weighted by Gasteiger charge is 2.13. The minimum Gasteiger partial charge on any atom is -0.382 e. The van der Waals surface area contributed by atoms with Gasteiger partial charge in [-0.25, -0.2) is 9.97 Å². The molecule has 0 atom stereocenters. The molecule has 0 saturated heterocycles. The SMILES string of the molecule is NC1=NNc2cncnc2C=C1c1ccccn1. The predicted octanol–water partition coefficient (Wildman–Crippen LogP) is 1.11. The lowest BCUT2D eigenvalue weighted by atomic mass is 10.1. The summed E-state index contributed by atoms with van der Waals surface area (Å²) in [6, 6.07) is 5.62. The minimum absolute atomic E-state index is 0.367. The van der Waals surface area contributed by atoms with Crippen molar-refractivity contribution >= 4 is 23.2 Å². The van der Waals surface area contributed by atoms with Crippen molar-refractivity contribution in [3.63, 3.8) is 0 Å². The van der Waals surface area contributed by atoms with Gasteiger partial charge in [-0.3, -0.25) is 10.4 Å². The molecule has 0 saturated carbocycles. The average Bonchev–Trinajstić information content (AvgIpc) is 2.60. The molecule has 18 heavy (non-hydrogen) atoms. The highest BCUT2D eigenvalue weighted by atomic mass is 15.3. The quantitative estimate of drug-likeness (QED) is 0.776. The van der Waals surface area contributed by atoms with Crippen LogP contribution in [0.4, 0.5) is 5.69 Å². The van der Waals surface area contributed by atoms with E-state index in [2.05, 4.69) is 25.5 Å². The van der Waals surface area contributed by atoms with E-state index in [1.807, 2.05) is 24.3 Å². The second-order valence-electron chi connectivity index (χ2n) is 3.70. The molecule has 6 heteroatoms. The Balaban J connectivity index is 2.16. The molecule has 0 spiro atoms. The smallest absolute Gasteiger partial charge is 0.153 e. The van der Waals surface area contributed by atoms with E-state index < -0.39 is 0 Å². The predicted molar refractivity (Wildman–Crippen MR) is 69.4 cm³/mol. The van der Waals surface area contributed by atoms with Crippen LogP contribution < -0.4 is 11.2 Å². The summed E-state index contributed by atoms with van der Waals surface area (Å²) in [5, 5.41) is 4.08. The molecular weight excluding hydrogens is 228 g/mol. The van der Waals surface area contributed by atoms with E-state index in [0.29, 0.717) is 11.5 Å². The Kier molecular flexibility index (Phi) is 2.45. The zero-order chi connectivity index (χ0) is 12.4. The summed E-state index contributed by atoms with van der Waals surface area (Å²) in [6.07, 6.45) is 6.69. The highest BCUT2D eigenvalue weighted by molar-refractivity contribution is 6.26. The minimum atomic E-state index is 0.367. The molecule has 1 aliphatic heterocycles. The monoisotopic (exact) mass is 238 g/mol. The Morgan fingerprint density at radius 3 is 2.94 bits per heavy atom. The summed E-state index contributed by atoms with van der Waals surface area (Å²) in [7, 11) is 0. The first kappa shape index (κ1) is 10.4. The van der Waals surface area contributed by atoms with Crippen LogP contribution >= 0.6 is 0 Å². The molecule has 88 valence electrons. The lowest BCUT2D eigenvalue weighted by Gasteiger charge is -2.03. The topological polar surface area (TPSA) is 89.1 Å². The second kappa shape index (κ2) is 4.25. The summed E-state index contributed by atoms with van der Waals surface area (Å²) in [5.41, 5.74) is 11.7. The number of aromatic nitrogens is 3. The number of hydrazone groups is 1. The summed E-state index contributed by atoms with van der Waals surface area (Å²) in [5.74, 6) is 0.367. The average molecular weight is 238 g/mol. The summed E-state index contributed by atoms with van der Waals surface area (Å²) in [6.45, 7) is 0. The van der Waals surface area contributed by atoms with E-state index in [9.17, 15) is 0 Å². The van der Waals surface area contributed by atoms with Crippen molar-refractivity contribution in [2.24, 2.45) is 10.8 Å². The summed E-state index contributed by atoms with van der Waals surface area (Å²) in [4.78, 5) is 12.4. The zero-order valence-electron chi connectivity index (χ0n) is 9.41. The van der Waals surface area contributed by atoms with Crippen molar-refractivity contribution in [2.75, 3.05) is 5.43 Å². The number of pyridine rings is 1. The van der Waals surface area contributed by atoms with Crippen molar-refractivity contribution in [1.29, 1.82) is 0 Å². The van der Waals surface area contributed by atoms with Gasteiger partial charge in [0.2, 0.25) is 0 Å². The number of rotatable bonds is 1. The molecule has 2 aromatic heterocycles. The van der Waals surface area contributed by atoms with Gasteiger partial charge in [-0.15, -0.1) is 0 Å². The molecule has 6 nitrogen and oxygen atoms in total. The van der Waals surface area contributed by atoms with Crippen LogP contribution in [0.5, 0.6) is 0 Å². The maximum atomic E-state index is 5.92. The first-order chi connectivity index (χ1) is 8.84. The van der Waals surface area contributed by atoms with Gasteiger partial charge in [0.15, 0.2) is 5.84 Å². The van der Waals surface area contributed by atoms with Gasteiger partial charge in [0.1, 0.15) is 12.0 Å². The molecule has 3 heterocycles. The molecule has 0 aliphatic carbocycles. The largest absolute Gasteiger partial charge is 0.382 e. The van der Waals surface area contributed by atoms with Gasteiger partial charge in [-0.2, -0.15) is 5.10 Å². The summed E-state index contributed by atoms with van der Waals surface area (Å²) >= 11 is 0. The molecule has 3 N–H and O–H groups in total. The normalized spacial score (nSPS) is 13.8. The van der Waals surface area contributed by atoms with Crippen LogP contribution in [-0.4, -0.2) is 20.8 Å². The molecule has 0 radical (unpaired) electrons. The summed E-state index contributed by atoms with van der Waals surface area (Å²) < 4.78 is 0. The first-order valence-corrected chi connectivity index (χ1v) is 5.37. The van der Waals surface area contributed by atoms with E-state index in [1.54, 1.807) is 12.4 Å². The maximum Gasteiger partial charge on any atom is 0.153 e. The van der Waals surface area contributed by atoms with Crippen LogP contribution in [0.15, 0.2) is 42.0 Å². The number of hydrogen-bond acceptors (Lipinski definition) is 6. The van der Waals surface area contributed by atoms with Gasteiger partial charge < -0.3 is 5.73 Å². The molecule has 2 aromatic rings. The Morgan fingerprint density at radius 1 is 1.17 bits per heavy atom. The Bertz CT molecular complexity index is 632. The van der Waals surface area contributed by atoms with Crippen molar-refractivity contribution in [3.8, 4) is 0 Å². The fourth-order valence-corrected chi connectivity index (χ4v) is 1.66. The standard InChI is InChI=1S/C12H10N6/c13-12-8(9-3-1-2-4-15-9)5-10-11(17-18-12)6-14-7-16-10/h1-7,17H,(H2,13,18). The van der Waals surface area contributed by atoms with Gasteiger partial charge >= 0.3 is 0 Å². The zero-order valence-corrected chi connectivity index (χ0v) is 9.41. The third-order valence-corrected chi connectivity index (χ3v) is 2.54. The molecule has 3 rings (SSSR count). The number of nitrogens with zero attached hydrogens (tertiary/aromatic N) is 4. The lowest BCUT2D eigenvalue weighted by molar-refractivity contribution is 1.14. The third-order valence-electron chi connectivity index (χ3n) is 2.54. The Labute approximate surface area is 103 Å². The molecule has 0 amide bonds. The number of nitrogens with two attached hydrogens (primary N) is 1. The van der Waals surface area contributed by atoms with Crippen LogP contribution in [0.1, 0.15) is 11.4 Å². The number of nitrogens with one attached hydrogen (secondary N) is 1. The van der Waals surface area contributed by atoms with Crippen molar-refractivity contribution in [1.82, 2.24) is 15.0 Å². The molecule has 0 aromatic carbocycles. The van der Waals surface area contributed by atoms with Crippen LogP contribution in [0, 0.1) is 0 Å². The van der Waals surface area contributed by atoms with Crippen LogP contribution in [0.25, 0.3) is 11.6 Å². The van der Waals surface area contributed by atoms with E-state index in [4.69, 9.17) is 5.73 Å². The van der Waals surface area contributed by atoms with Gasteiger partial charge in [0, 0.05) is 11.8 Å². The Hall–Kier alpha value is -2.76. The second-order valence-corrected chi connectivity index (χ2v) is 3.70. The molecule has 0 bridgehead atoms. The Morgan fingerprint density at radius 2 is 2.11 bits per heavy atom. The first-order valence-electron chi connectivity index (χ1n) is 5.37. The van der Waals surface area contributed by atoms with Gasteiger partial charge in [-0.05, 0) is 18.2 Å². The van der Waals surface area contributed by atoms with Crippen molar-refractivity contribution in [2.45, 2.75) is 0 Å². The van der Waals surface area contributed by atoms with Crippen molar-refractivity contribution in [3.05, 3.63) is 48.3 Å². The van der Waals surface area contributed by atoms with Crippen molar-refractivity contribution < 1.29 is 0 Å². The molecule has 0 unspecified atom stereocenters. The van der Waals surface area contributed by atoms with Crippen LogP contribution in [0.3, 0.4) is 0 Å². The molecule has 1 aliphatic rings. The van der Waals surface area contributed by atoms with E-state index in [1.165, 1.54) is 6.33 Å². The van der Waals surface area contributed by atoms with Gasteiger partial charge in [0.05, 0.1) is 17.6 Å². The molecule has 0 fully saturated rings. The van der Waals surface area contributed by atoms with Gasteiger partial charge in [-0.1, -0.05) is 6.07 Å². The molecular formula is C12H10N6. The fourth-order valence-electron chi connectivity index (χ4n) is 1.66. The van der Waals surface area contributed by atoms with E-state index in [-0.39, 0.29) is 0 Å². The number of fused-ring (bicyclic) bond motifs is 1. The van der Waals surface area contributed by atoms with E-state index in [0.717, 1.165) is 17.0 Å². The third kappa shape index (κ3) is 1.80. The fraction of sp³-hybridized carbons (Fsp3) is 0. The number of amidine groups is 1. The number of anilines is 1.